The third-order valence-electron chi connectivity index (χ3n) is 5.04. The summed E-state index contributed by atoms with van der Waals surface area (Å²) in [5.41, 5.74) is 0. The van der Waals surface area contributed by atoms with E-state index in [-0.39, 0.29) is 23.0 Å². The molecule has 128 valence electrons. The molecule has 2 heterocycles. The van der Waals surface area contributed by atoms with Crippen molar-refractivity contribution >= 4 is 10.0 Å². The van der Waals surface area contributed by atoms with Crippen LogP contribution in [-0.2, 0) is 14.8 Å². The van der Waals surface area contributed by atoms with Crippen LogP contribution in [-0.4, -0.2) is 63.1 Å². The third-order valence-corrected chi connectivity index (χ3v) is 6.96. The molecule has 0 unspecified atom stereocenters. The van der Waals surface area contributed by atoms with Gasteiger partial charge in [0.25, 0.3) is 0 Å². The maximum absolute atomic E-state index is 13.5. The molecule has 0 aromatic heterocycles. The summed E-state index contributed by atoms with van der Waals surface area (Å²) in [5, 5.41) is 0. The highest BCUT2D eigenvalue weighted by atomic mass is 32.2. The molecule has 23 heavy (non-hydrogen) atoms. The van der Waals surface area contributed by atoms with Crippen LogP contribution in [0.2, 0.25) is 0 Å². The van der Waals surface area contributed by atoms with Gasteiger partial charge in [-0.1, -0.05) is 13.0 Å². The molecular formula is C16H23FN2O3S. The molecule has 0 aliphatic carbocycles. The molecule has 0 N–H and O–H groups in total. The van der Waals surface area contributed by atoms with E-state index in [9.17, 15) is 12.8 Å². The van der Waals surface area contributed by atoms with Crippen LogP contribution in [0.4, 0.5) is 4.39 Å². The van der Waals surface area contributed by atoms with E-state index in [1.54, 1.807) is 11.4 Å². The summed E-state index contributed by atoms with van der Waals surface area (Å²) >= 11 is 0. The first-order valence-corrected chi connectivity index (χ1v) is 9.44. The molecule has 0 bridgehead atoms. The zero-order valence-corrected chi connectivity index (χ0v) is 14.3. The highest BCUT2D eigenvalue weighted by Crippen LogP contribution is 2.35. The van der Waals surface area contributed by atoms with Gasteiger partial charge in [0.1, 0.15) is 5.82 Å². The Hall–Kier alpha value is -1.02. The van der Waals surface area contributed by atoms with Gasteiger partial charge in [-0.05, 0) is 31.2 Å². The van der Waals surface area contributed by atoms with Crippen LogP contribution in [0, 0.1) is 11.7 Å². The van der Waals surface area contributed by atoms with Gasteiger partial charge in [0.15, 0.2) is 0 Å². The maximum atomic E-state index is 13.5. The summed E-state index contributed by atoms with van der Waals surface area (Å²) < 4.78 is 46.5. The molecule has 2 fully saturated rings. The lowest BCUT2D eigenvalue weighted by Gasteiger charge is -2.40. The zero-order chi connectivity index (χ0) is 16.6. The minimum Gasteiger partial charge on any atom is -0.381 e. The minimum atomic E-state index is -3.69. The molecule has 2 aliphatic rings. The summed E-state index contributed by atoms with van der Waals surface area (Å²) in [4.78, 5) is 2.28. The molecule has 7 heteroatoms. The first kappa shape index (κ1) is 16.8. The fourth-order valence-corrected chi connectivity index (χ4v) is 5.52. The Bertz CT molecular complexity index is 667. The second-order valence-electron chi connectivity index (χ2n) is 6.22. The molecule has 5 nitrogen and oxygen atoms in total. The van der Waals surface area contributed by atoms with Crippen molar-refractivity contribution in [2.24, 2.45) is 5.92 Å². The lowest BCUT2D eigenvalue weighted by atomic mass is 9.91. The van der Waals surface area contributed by atoms with Gasteiger partial charge in [-0.15, -0.1) is 0 Å². The van der Waals surface area contributed by atoms with Gasteiger partial charge in [0.2, 0.25) is 10.0 Å². The largest absolute Gasteiger partial charge is 0.381 e. The van der Waals surface area contributed by atoms with Crippen molar-refractivity contribution in [2.75, 3.05) is 33.3 Å². The Labute approximate surface area is 137 Å². The number of methoxy groups -OCH3 is 1. The van der Waals surface area contributed by atoms with Crippen LogP contribution < -0.4 is 0 Å². The number of hydrogen-bond acceptors (Lipinski definition) is 4. The maximum Gasteiger partial charge on any atom is 0.243 e. The topological polar surface area (TPSA) is 49.9 Å². The second-order valence-corrected chi connectivity index (χ2v) is 8.11. The molecule has 3 rings (SSSR count). The second kappa shape index (κ2) is 6.47. The molecule has 0 saturated carbocycles. The molecule has 0 spiro atoms. The van der Waals surface area contributed by atoms with E-state index in [4.69, 9.17) is 4.74 Å². The highest BCUT2D eigenvalue weighted by Gasteiger charge is 2.48. The lowest BCUT2D eigenvalue weighted by Crippen LogP contribution is -2.53. The first-order valence-electron chi connectivity index (χ1n) is 8.00. The molecule has 1 aromatic carbocycles. The molecule has 3 atom stereocenters. The van der Waals surface area contributed by atoms with Gasteiger partial charge in [-0.25, -0.2) is 12.8 Å². The fraction of sp³-hybridized carbons (Fsp3) is 0.625. The van der Waals surface area contributed by atoms with Crippen LogP contribution in [0.1, 0.15) is 13.3 Å². The molecule has 2 saturated heterocycles. The van der Waals surface area contributed by atoms with Gasteiger partial charge in [-0.3, -0.25) is 0 Å². The molecule has 0 radical (unpaired) electrons. The zero-order valence-electron chi connectivity index (χ0n) is 13.5. The third kappa shape index (κ3) is 3.03. The molecule has 1 aromatic rings. The van der Waals surface area contributed by atoms with E-state index < -0.39 is 15.8 Å². The first-order chi connectivity index (χ1) is 11.0. The van der Waals surface area contributed by atoms with Crippen molar-refractivity contribution in [3.8, 4) is 0 Å². The average Bonchev–Trinajstić information content (AvgIpc) is 2.98. The number of nitrogens with zero attached hydrogens (tertiary/aromatic N) is 2. The van der Waals surface area contributed by atoms with Crippen molar-refractivity contribution < 1.29 is 17.5 Å². The Balaban J connectivity index is 1.93. The smallest absolute Gasteiger partial charge is 0.243 e. The van der Waals surface area contributed by atoms with Crippen molar-refractivity contribution in [3.63, 3.8) is 0 Å². The Morgan fingerprint density at radius 1 is 1.35 bits per heavy atom. The van der Waals surface area contributed by atoms with E-state index in [1.807, 2.05) is 0 Å². The predicted octanol–water partition coefficient (Wildman–Crippen LogP) is 1.56. The number of fused-ring (bicyclic) bond motifs is 1. The number of piperidine rings is 1. The van der Waals surface area contributed by atoms with Gasteiger partial charge >= 0.3 is 0 Å². The summed E-state index contributed by atoms with van der Waals surface area (Å²) in [6, 6.07) is 5.14. The minimum absolute atomic E-state index is 0.0297. The number of benzene rings is 1. The average molecular weight is 342 g/mol. The summed E-state index contributed by atoms with van der Waals surface area (Å²) in [6.45, 7) is 4.92. The number of sulfonamides is 1. The van der Waals surface area contributed by atoms with E-state index in [1.165, 1.54) is 18.2 Å². The SMILES string of the molecule is CCN1C[C@H]2[C@@H](OC)CCN(S(=O)(=O)c3cccc(F)c3)[C@H]2C1. The Morgan fingerprint density at radius 2 is 2.13 bits per heavy atom. The number of ether oxygens (including phenoxy) is 1. The highest BCUT2D eigenvalue weighted by molar-refractivity contribution is 7.89. The number of hydrogen-bond donors (Lipinski definition) is 0. The Kier molecular flexibility index (Phi) is 4.73. The summed E-state index contributed by atoms with van der Waals surface area (Å²) in [5.74, 6) is -0.368. The predicted molar refractivity (Wildman–Crippen MR) is 85.1 cm³/mol. The van der Waals surface area contributed by atoms with E-state index in [0.29, 0.717) is 19.5 Å². The number of likely N-dealkylation sites (N-methyl/N-ethyl adjacent to an activating group) is 1. The van der Waals surface area contributed by atoms with Gasteiger partial charge in [0, 0.05) is 38.7 Å². The van der Waals surface area contributed by atoms with Gasteiger partial charge in [-0.2, -0.15) is 4.31 Å². The lowest BCUT2D eigenvalue weighted by molar-refractivity contribution is 0.00238. The number of rotatable bonds is 4. The van der Waals surface area contributed by atoms with Crippen LogP contribution in [0.25, 0.3) is 0 Å². The van der Waals surface area contributed by atoms with E-state index in [2.05, 4.69) is 11.8 Å². The summed E-state index contributed by atoms with van der Waals surface area (Å²) in [6.07, 6.45) is 0.750. The number of likely N-dealkylation sites (tertiary alicyclic amines) is 1. The normalized spacial score (nSPS) is 29.6. The Morgan fingerprint density at radius 3 is 2.78 bits per heavy atom. The van der Waals surface area contributed by atoms with Crippen LogP contribution >= 0.6 is 0 Å². The van der Waals surface area contributed by atoms with E-state index >= 15 is 0 Å². The quantitative estimate of drug-likeness (QED) is 0.833. The van der Waals surface area contributed by atoms with Crippen molar-refractivity contribution in [3.05, 3.63) is 30.1 Å². The fourth-order valence-electron chi connectivity index (χ4n) is 3.81. The standard InChI is InChI=1S/C16H23FN2O3S/c1-3-18-10-14-15(11-18)19(8-7-16(14)22-2)23(20,21)13-6-4-5-12(17)9-13/h4-6,9,14-16H,3,7-8,10-11H2,1-2H3/t14-,15+,16+/m1/s1. The van der Waals surface area contributed by atoms with E-state index in [0.717, 1.165) is 19.2 Å². The van der Waals surface area contributed by atoms with Gasteiger partial charge < -0.3 is 9.64 Å². The molecule has 0 amide bonds. The monoisotopic (exact) mass is 342 g/mol. The molecular weight excluding hydrogens is 319 g/mol. The number of halogens is 1. The van der Waals surface area contributed by atoms with Crippen molar-refractivity contribution in [2.45, 2.75) is 30.4 Å². The van der Waals surface area contributed by atoms with Crippen LogP contribution in [0.5, 0.6) is 0 Å². The van der Waals surface area contributed by atoms with Gasteiger partial charge in [0.05, 0.1) is 11.0 Å². The van der Waals surface area contributed by atoms with Crippen molar-refractivity contribution in [1.82, 2.24) is 9.21 Å². The molecule has 2 aliphatic heterocycles. The van der Waals surface area contributed by atoms with Crippen molar-refractivity contribution in [1.29, 1.82) is 0 Å². The summed E-state index contributed by atoms with van der Waals surface area (Å²) in [7, 11) is -2.00. The van der Waals surface area contributed by atoms with Crippen LogP contribution in [0.3, 0.4) is 0 Å². The van der Waals surface area contributed by atoms with Crippen LogP contribution in [0.15, 0.2) is 29.2 Å².